The molecule has 0 unspecified atom stereocenters. The SMILES string of the molecule is CC(=O)N[C@@H](CCCCN)C(=O)N[C@@H](Cc1c[nH]c2ccccc12)C(=O)N/C(=C/c1ccccc1)C(=O)N[C@@H](Cc1c[nH]c2ccccc12)C(=O)N[C@@H](CCCCN)C(=O)N/C(=C/c1ccccc1)C(=O)N[C@H](C(=O)N[C@@H](CCCCN)C(=O)N/C(=C/c1ccccc1)C(=O)N[C@@H](C)C(=O)N[C@@H](CCCCN)C(N)=O)C(C)C. The lowest BCUT2D eigenvalue weighted by atomic mass is 10.0. The van der Waals surface area contributed by atoms with Crippen molar-refractivity contribution >= 4 is 111 Å². The third-order valence-electron chi connectivity index (χ3n) is 18.7. The maximum Gasteiger partial charge on any atom is 0.268 e. The number of aromatic nitrogens is 2. The van der Waals surface area contributed by atoms with Gasteiger partial charge in [0.15, 0.2) is 0 Å². The van der Waals surface area contributed by atoms with E-state index >= 15 is 24.0 Å². The summed E-state index contributed by atoms with van der Waals surface area (Å²) in [7, 11) is 0. The van der Waals surface area contributed by atoms with Crippen LogP contribution in [0.25, 0.3) is 40.0 Å². The number of carbonyl (C=O) groups is 12. The summed E-state index contributed by atoms with van der Waals surface area (Å²) in [6.07, 6.45) is 11.2. The van der Waals surface area contributed by atoms with Crippen LogP contribution < -0.4 is 87.2 Å². The van der Waals surface area contributed by atoms with Crippen LogP contribution in [-0.2, 0) is 70.4 Å². The van der Waals surface area contributed by atoms with Crippen LogP contribution in [0.3, 0.4) is 0 Å². The fraction of sp³-hybridized carbons (Fsp3) is 0.373. The number of rotatable bonds is 46. The van der Waals surface area contributed by atoms with Crippen molar-refractivity contribution in [3.05, 3.63) is 197 Å². The van der Waals surface area contributed by atoms with Gasteiger partial charge in [0.2, 0.25) is 53.2 Å². The second kappa shape index (κ2) is 45.9. The highest BCUT2D eigenvalue weighted by Crippen LogP contribution is 2.23. The zero-order chi connectivity index (χ0) is 81.8. The maximum atomic E-state index is 15.4. The fourth-order valence-electron chi connectivity index (χ4n) is 12.5. The first kappa shape index (κ1) is 88.1. The Morgan fingerprint density at radius 1 is 0.354 bits per heavy atom. The van der Waals surface area contributed by atoms with E-state index in [1.807, 2.05) is 42.5 Å². The summed E-state index contributed by atoms with van der Waals surface area (Å²) in [5.74, 6) is -10.4. The smallest absolute Gasteiger partial charge is 0.268 e. The second-order valence-corrected chi connectivity index (χ2v) is 28.0. The van der Waals surface area contributed by atoms with Crippen LogP contribution in [0.5, 0.6) is 0 Å². The van der Waals surface area contributed by atoms with E-state index in [1.54, 1.807) is 123 Å². The summed E-state index contributed by atoms with van der Waals surface area (Å²) < 4.78 is 0. The van der Waals surface area contributed by atoms with Crippen LogP contribution in [0, 0.1) is 5.92 Å². The van der Waals surface area contributed by atoms with Crippen LogP contribution in [0.4, 0.5) is 0 Å². The van der Waals surface area contributed by atoms with Crippen LogP contribution in [-0.4, -0.2) is 155 Å². The molecule has 2 aromatic heterocycles. The molecule has 113 heavy (non-hydrogen) atoms. The monoisotopic (exact) mass is 1550 g/mol. The van der Waals surface area contributed by atoms with E-state index < -0.39 is 125 Å². The van der Waals surface area contributed by atoms with Gasteiger partial charge in [-0.3, -0.25) is 57.5 Å². The van der Waals surface area contributed by atoms with Crippen molar-refractivity contribution in [2.24, 2.45) is 34.6 Å². The van der Waals surface area contributed by atoms with Gasteiger partial charge in [-0.2, -0.15) is 0 Å². The number of amides is 12. The number of primary amides is 1. The number of para-hydroxylation sites is 2. The molecule has 0 spiro atoms. The molecule has 0 saturated heterocycles. The lowest BCUT2D eigenvalue weighted by Gasteiger charge is -2.27. The Morgan fingerprint density at radius 2 is 0.681 bits per heavy atom. The number of aromatic amines is 2. The predicted molar refractivity (Wildman–Crippen MR) is 434 cm³/mol. The van der Waals surface area contributed by atoms with Gasteiger partial charge in [-0.05, 0) is 174 Å². The van der Waals surface area contributed by atoms with E-state index in [-0.39, 0.29) is 75.1 Å². The highest BCUT2D eigenvalue weighted by molar-refractivity contribution is 6.08. The molecule has 0 saturated carbocycles. The molecular formula is C83H108N18O12. The number of nitrogens with two attached hydrogens (primary N) is 5. The molecule has 0 radical (unpaired) electrons. The normalized spacial score (nSPS) is 13.8. The average Bonchev–Trinajstić information content (AvgIpc) is 1.71. The van der Waals surface area contributed by atoms with Gasteiger partial charge in [0.25, 0.3) is 17.7 Å². The molecule has 0 fully saturated rings. The van der Waals surface area contributed by atoms with E-state index in [2.05, 4.69) is 68.5 Å². The lowest BCUT2D eigenvalue weighted by Crippen LogP contribution is -2.57. The summed E-state index contributed by atoms with van der Waals surface area (Å²) in [6, 6.07) is 29.7. The molecule has 23 N–H and O–H groups in total. The van der Waals surface area contributed by atoms with Crippen LogP contribution in [0.1, 0.15) is 133 Å². The average molecular weight is 1550 g/mol. The van der Waals surface area contributed by atoms with E-state index in [0.717, 1.165) is 10.9 Å². The summed E-state index contributed by atoms with van der Waals surface area (Å²) in [4.78, 5) is 179. The standard InChI is InChI=1S/C83H108N18O12/c1-51(2)72(83(113)95-66(39-21-25-43-87)77(107)96-67(44-54-26-8-5-9-27-54)78(108)91-52(3)74(104)93-63(73(88)103)36-18-22-40-84)101-82(112)69(46-56-30-12-7-13-31-56)97-76(106)65(38-20-24-42-86)94-80(110)70(47-57-49-89-61-34-16-14-32-59(57)61)100-79(109)68(45-55-28-10-6-11-29-55)98-81(111)71(48-58-50-90-62-35-17-15-33-60(58)62)99-75(105)64(92-53(4)102)37-19-23-41-85/h5-17,26-35,44-46,49-52,63-66,70-72,89-90H,18-25,36-43,47-48,84-87H2,1-4H3,(H2,88,103)(H,91,108)(H,92,102)(H,93,104)(H,94,110)(H,95,113)(H,96,107)(H,97,106)(H,98,111)(H,99,105)(H,100,109)(H,101,112)/b67-44+,68-45+,69-46+/t52-,63-,64-,65-,66-,70-,71-,72-/m0/s1. The molecule has 30 heteroatoms. The minimum Gasteiger partial charge on any atom is -0.368 e. The van der Waals surface area contributed by atoms with Crippen molar-refractivity contribution in [3.63, 3.8) is 0 Å². The molecule has 12 amide bonds. The topological polar surface area (TPSA) is 499 Å². The quantitative estimate of drug-likeness (QED) is 0.0192. The third kappa shape index (κ3) is 28.3. The molecule has 5 aromatic carbocycles. The van der Waals surface area contributed by atoms with Crippen LogP contribution >= 0.6 is 0 Å². The van der Waals surface area contributed by atoms with Crippen molar-refractivity contribution < 1.29 is 57.5 Å². The van der Waals surface area contributed by atoms with Crippen molar-refractivity contribution in [2.75, 3.05) is 26.2 Å². The molecule has 0 aliphatic heterocycles. The Labute approximate surface area is 657 Å². The van der Waals surface area contributed by atoms with Gasteiger partial charge in [0.05, 0.1) is 0 Å². The predicted octanol–water partition coefficient (Wildman–Crippen LogP) is 3.48. The number of benzene rings is 5. The Hall–Kier alpha value is -12.1. The van der Waals surface area contributed by atoms with E-state index in [1.165, 1.54) is 32.1 Å². The Balaban J connectivity index is 1.17. The molecule has 2 heterocycles. The van der Waals surface area contributed by atoms with Crippen molar-refractivity contribution in [1.29, 1.82) is 0 Å². The van der Waals surface area contributed by atoms with E-state index in [0.29, 0.717) is 96.8 Å². The van der Waals surface area contributed by atoms with Crippen molar-refractivity contribution in [3.8, 4) is 0 Å². The number of hydrogen-bond acceptors (Lipinski definition) is 16. The minimum atomic E-state index is -1.52. The first-order valence-electron chi connectivity index (χ1n) is 38.2. The number of nitrogens with one attached hydrogen (secondary N) is 13. The number of hydrogen-bond donors (Lipinski definition) is 18. The summed E-state index contributed by atoms with van der Waals surface area (Å²) in [6.45, 7) is 7.09. The molecule has 602 valence electrons. The molecular weight excluding hydrogens is 1440 g/mol. The van der Waals surface area contributed by atoms with Crippen LogP contribution in [0.2, 0.25) is 0 Å². The number of unbranched alkanes of at least 4 members (excludes halogenated alkanes) is 4. The minimum absolute atomic E-state index is 0.000703. The lowest BCUT2D eigenvalue weighted by molar-refractivity contribution is -0.133. The van der Waals surface area contributed by atoms with Gasteiger partial charge in [-0.25, -0.2) is 0 Å². The molecule has 7 rings (SSSR count). The number of carbonyl (C=O) groups excluding carboxylic acids is 12. The Morgan fingerprint density at radius 3 is 1.08 bits per heavy atom. The molecule has 8 atom stereocenters. The number of fused-ring (bicyclic) bond motifs is 2. The molecule has 7 aromatic rings. The maximum absolute atomic E-state index is 15.4. The van der Waals surface area contributed by atoms with E-state index in [9.17, 15) is 33.6 Å². The highest BCUT2D eigenvalue weighted by Gasteiger charge is 2.36. The zero-order valence-corrected chi connectivity index (χ0v) is 64.4. The van der Waals surface area contributed by atoms with Gasteiger partial charge in [-0.1, -0.05) is 141 Å². The first-order chi connectivity index (χ1) is 54.4. The Bertz CT molecular complexity index is 4470. The van der Waals surface area contributed by atoms with Gasteiger partial charge in [-0.15, -0.1) is 0 Å². The van der Waals surface area contributed by atoms with Gasteiger partial charge < -0.3 is 97.1 Å². The van der Waals surface area contributed by atoms with Gasteiger partial charge in [0, 0.05) is 54.0 Å². The fourth-order valence-corrected chi connectivity index (χ4v) is 12.5. The summed E-state index contributed by atoms with van der Waals surface area (Å²) in [5.41, 5.74) is 31.9. The molecule has 0 aliphatic rings. The highest BCUT2D eigenvalue weighted by atomic mass is 16.2. The largest absolute Gasteiger partial charge is 0.368 e. The van der Waals surface area contributed by atoms with Crippen molar-refractivity contribution in [1.82, 2.24) is 68.5 Å². The summed E-state index contributed by atoms with van der Waals surface area (Å²) in [5, 5.41) is 31.5. The first-order valence-corrected chi connectivity index (χ1v) is 38.2. The van der Waals surface area contributed by atoms with Crippen LogP contribution in [0.15, 0.2) is 169 Å². The van der Waals surface area contributed by atoms with Crippen molar-refractivity contribution in [2.45, 2.75) is 166 Å². The molecule has 0 aliphatic carbocycles. The third-order valence-corrected chi connectivity index (χ3v) is 18.7. The molecule has 30 nitrogen and oxygen atoms in total. The van der Waals surface area contributed by atoms with Gasteiger partial charge >= 0.3 is 0 Å². The van der Waals surface area contributed by atoms with E-state index in [4.69, 9.17) is 28.7 Å². The summed E-state index contributed by atoms with van der Waals surface area (Å²) >= 11 is 0. The Kier molecular flexibility index (Phi) is 35.8. The van der Waals surface area contributed by atoms with Gasteiger partial charge in [0.1, 0.15) is 65.4 Å². The number of H-pyrrole nitrogens is 2. The zero-order valence-electron chi connectivity index (χ0n) is 64.4. The second-order valence-electron chi connectivity index (χ2n) is 28.0. The molecule has 0 bridgehead atoms.